The van der Waals surface area contributed by atoms with Gasteiger partial charge in [-0.05, 0) is 41.1 Å². The SMILES string of the molecule is CNc1ncnc(Nc2ccc(Cl)cc2Br)c1C. The Balaban J connectivity index is 2.34. The Morgan fingerprint density at radius 3 is 2.61 bits per heavy atom. The third-order valence-electron chi connectivity index (χ3n) is 2.51. The molecule has 18 heavy (non-hydrogen) atoms. The second-order valence-electron chi connectivity index (χ2n) is 3.70. The predicted octanol–water partition coefficient (Wildman–Crippen LogP) is 3.99. The minimum Gasteiger partial charge on any atom is -0.373 e. The van der Waals surface area contributed by atoms with Crippen LogP contribution in [-0.2, 0) is 0 Å². The van der Waals surface area contributed by atoms with Crippen LogP contribution in [0.1, 0.15) is 5.56 Å². The summed E-state index contributed by atoms with van der Waals surface area (Å²) in [5.74, 6) is 1.56. The number of benzene rings is 1. The van der Waals surface area contributed by atoms with E-state index in [0.717, 1.165) is 27.4 Å². The van der Waals surface area contributed by atoms with E-state index in [0.29, 0.717) is 5.02 Å². The largest absolute Gasteiger partial charge is 0.373 e. The van der Waals surface area contributed by atoms with Gasteiger partial charge in [-0.1, -0.05) is 11.6 Å². The third-order valence-corrected chi connectivity index (χ3v) is 3.40. The quantitative estimate of drug-likeness (QED) is 0.895. The molecule has 0 spiro atoms. The van der Waals surface area contributed by atoms with Crippen molar-refractivity contribution in [3.05, 3.63) is 39.6 Å². The summed E-state index contributed by atoms with van der Waals surface area (Å²) in [6.07, 6.45) is 1.52. The molecule has 0 saturated carbocycles. The molecule has 0 amide bonds. The van der Waals surface area contributed by atoms with Crippen molar-refractivity contribution in [1.29, 1.82) is 0 Å². The van der Waals surface area contributed by atoms with Crippen LogP contribution in [0.4, 0.5) is 17.3 Å². The summed E-state index contributed by atoms with van der Waals surface area (Å²) < 4.78 is 0.888. The molecule has 2 aromatic rings. The molecular weight excluding hydrogens is 316 g/mol. The normalized spacial score (nSPS) is 10.2. The Morgan fingerprint density at radius 1 is 1.22 bits per heavy atom. The van der Waals surface area contributed by atoms with Gasteiger partial charge in [0, 0.05) is 22.1 Å². The average Bonchev–Trinajstić information content (AvgIpc) is 2.35. The fraction of sp³-hybridized carbons (Fsp3) is 0.167. The fourth-order valence-electron chi connectivity index (χ4n) is 1.55. The van der Waals surface area contributed by atoms with Gasteiger partial charge in [-0.3, -0.25) is 0 Å². The van der Waals surface area contributed by atoms with Gasteiger partial charge in [-0.15, -0.1) is 0 Å². The second-order valence-corrected chi connectivity index (χ2v) is 4.99. The van der Waals surface area contributed by atoms with Crippen molar-refractivity contribution in [2.75, 3.05) is 17.7 Å². The average molecular weight is 328 g/mol. The van der Waals surface area contributed by atoms with Crippen molar-refractivity contribution in [2.45, 2.75) is 6.92 Å². The molecule has 2 N–H and O–H groups in total. The first-order valence-electron chi connectivity index (χ1n) is 5.33. The first-order valence-corrected chi connectivity index (χ1v) is 6.50. The van der Waals surface area contributed by atoms with Crippen LogP contribution in [0.5, 0.6) is 0 Å². The maximum Gasteiger partial charge on any atom is 0.138 e. The molecule has 94 valence electrons. The van der Waals surface area contributed by atoms with Gasteiger partial charge in [0.05, 0.1) is 5.69 Å². The van der Waals surface area contributed by atoms with Crippen molar-refractivity contribution < 1.29 is 0 Å². The number of nitrogens with one attached hydrogen (secondary N) is 2. The highest BCUT2D eigenvalue weighted by molar-refractivity contribution is 9.10. The van der Waals surface area contributed by atoms with Gasteiger partial charge < -0.3 is 10.6 Å². The fourth-order valence-corrected chi connectivity index (χ4v) is 2.33. The number of nitrogens with zero attached hydrogens (tertiary/aromatic N) is 2. The van der Waals surface area contributed by atoms with E-state index in [1.54, 1.807) is 0 Å². The Morgan fingerprint density at radius 2 is 1.94 bits per heavy atom. The van der Waals surface area contributed by atoms with Gasteiger partial charge in [0.2, 0.25) is 0 Å². The number of anilines is 3. The van der Waals surface area contributed by atoms with Gasteiger partial charge in [-0.25, -0.2) is 9.97 Å². The van der Waals surface area contributed by atoms with Crippen LogP contribution in [0.15, 0.2) is 29.0 Å². The lowest BCUT2D eigenvalue weighted by Crippen LogP contribution is -2.02. The van der Waals surface area contributed by atoms with Crippen LogP contribution >= 0.6 is 27.5 Å². The maximum absolute atomic E-state index is 5.91. The van der Waals surface area contributed by atoms with Crippen molar-refractivity contribution >= 4 is 44.9 Å². The molecule has 6 heteroatoms. The number of aromatic nitrogens is 2. The zero-order valence-corrected chi connectivity index (χ0v) is 12.3. The number of halogens is 2. The van der Waals surface area contributed by atoms with E-state index in [-0.39, 0.29) is 0 Å². The van der Waals surface area contributed by atoms with Gasteiger partial charge in [0.15, 0.2) is 0 Å². The summed E-state index contributed by atoms with van der Waals surface area (Å²) in [5, 5.41) is 6.95. The highest BCUT2D eigenvalue weighted by Crippen LogP contribution is 2.29. The third kappa shape index (κ3) is 2.73. The van der Waals surface area contributed by atoms with Crippen LogP contribution in [0.25, 0.3) is 0 Å². The summed E-state index contributed by atoms with van der Waals surface area (Å²) in [7, 11) is 1.83. The molecule has 0 aliphatic rings. The van der Waals surface area contributed by atoms with Crippen molar-refractivity contribution in [1.82, 2.24) is 9.97 Å². The summed E-state index contributed by atoms with van der Waals surface area (Å²) >= 11 is 9.36. The lowest BCUT2D eigenvalue weighted by atomic mass is 10.2. The van der Waals surface area contributed by atoms with Crippen LogP contribution < -0.4 is 10.6 Å². The van der Waals surface area contributed by atoms with Gasteiger partial charge >= 0.3 is 0 Å². The van der Waals surface area contributed by atoms with E-state index < -0.39 is 0 Å². The van der Waals surface area contributed by atoms with Crippen LogP contribution in [-0.4, -0.2) is 17.0 Å². The molecule has 0 unspecified atom stereocenters. The molecule has 0 atom stereocenters. The van der Waals surface area contributed by atoms with Gasteiger partial charge in [0.1, 0.15) is 18.0 Å². The van der Waals surface area contributed by atoms with Crippen molar-refractivity contribution in [3.63, 3.8) is 0 Å². The molecule has 1 heterocycles. The minimum atomic E-state index is 0.683. The molecule has 4 nitrogen and oxygen atoms in total. The summed E-state index contributed by atoms with van der Waals surface area (Å²) in [4.78, 5) is 8.37. The van der Waals surface area contributed by atoms with Gasteiger partial charge in [0.25, 0.3) is 0 Å². The van der Waals surface area contributed by atoms with E-state index in [1.807, 2.05) is 32.2 Å². The number of hydrogen-bond acceptors (Lipinski definition) is 4. The monoisotopic (exact) mass is 326 g/mol. The standard InChI is InChI=1S/C12H12BrClN4/c1-7-11(15-2)16-6-17-12(7)18-10-4-3-8(14)5-9(10)13/h3-6H,1-2H3,(H2,15,16,17,18). The lowest BCUT2D eigenvalue weighted by molar-refractivity contribution is 1.12. The van der Waals surface area contributed by atoms with Crippen molar-refractivity contribution in [2.24, 2.45) is 0 Å². The smallest absolute Gasteiger partial charge is 0.138 e. The first-order chi connectivity index (χ1) is 8.61. The van der Waals surface area contributed by atoms with Crippen LogP contribution in [0.3, 0.4) is 0 Å². The summed E-state index contributed by atoms with van der Waals surface area (Å²) in [5.41, 5.74) is 1.87. The zero-order valence-electron chi connectivity index (χ0n) is 9.96. The first kappa shape index (κ1) is 13.1. The predicted molar refractivity (Wildman–Crippen MR) is 78.8 cm³/mol. The molecule has 0 fully saturated rings. The molecular formula is C12H12BrClN4. The van der Waals surface area contributed by atoms with E-state index in [4.69, 9.17) is 11.6 Å². The molecule has 0 bridgehead atoms. The molecule has 2 rings (SSSR count). The molecule has 0 aliphatic carbocycles. The molecule has 0 aliphatic heterocycles. The number of rotatable bonds is 3. The molecule has 1 aromatic carbocycles. The Labute approximate surface area is 119 Å². The van der Waals surface area contributed by atoms with E-state index in [2.05, 4.69) is 36.5 Å². The van der Waals surface area contributed by atoms with Gasteiger partial charge in [-0.2, -0.15) is 0 Å². The Bertz CT molecular complexity index is 574. The second kappa shape index (κ2) is 5.54. The Hall–Kier alpha value is -1.33. The highest BCUT2D eigenvalue weighted by Gasteiger charge is 2.07. The summed E-state index contributed by atoms with van der Waals surface area (Å²) in [6, 6.07) is 5.55. The zero-order chi connectivity index (χ0) is 13.1. The summed E-state index contributed by atoms with van der Waals surface area (Å²) in [6.45, 7) is 1.96. The highest BCUT2D eigenvalue weighted by atomic mass is 79.9. The number of hydrogen-bond donors (Lipinski definition) is 2. The molecule has 0 saturated heterocycles. The minimum absolute atomic E-state index is 0.683. The van der Waals surface area contributed by atoms with E-state index >= 15 is 0 Å². The van der Waals surface area contributed by atoms with Crippen molar-refractivity contribution in [3.8, 4) is 0 Å². The molecule has 1 aromatic heterocycles. The Kier molecular flexibility index (Phi) is 4.04. The topological polar surface area (TPSA) is 49.8 Å². The van der Waals surface area contributed by atoms with E-state index in [9.17, 15) is 0 Å². The van der Waals surface area contributed by atoms with E-state index in [1.165, 1.54) is 6.33 Å². The lowest BCUT2D eigenvalue weighted by Gasteiger charge is -2.12. The van der Waals surface area contributed by atoms with Crippen LogP contribution in [0, 0.1) is 6.92 Å². The maximum atomic E-state index is 5.91. The molecule has 0 radical (unpaired) electrons. The van der Waals surface area contributed by atoms with Crippen LogP contribution in [0.2, 0.25) is 5.02 Å².